The first kappa shape index (κ1) is 19.9. The molecule has 1 fully saturated rings. The number of sulfone groups is 1. The van der Waals surface area contributed by atoms with Crippen molar-refractivity contribution < 1.29 is 16.8 Å². The SMILES string of the molecule is CS(=O)(=O)c1ccc(Cl)c(S(=O)(=O)NC2(c3ccc(Cl)c(Cl)c3)CC2)c1. The highest BCUT2D eigenvalue weighted by Crippen LogP contribution is 2.48. The van der Waals surface area contributed by atoms with Gasteiger partial charge in [0.1, 0.15) is 4.90 Å². The van der Waals surface area contributed by atoms with E-state index < -0.39 is 25.4 Å². The Morgan fingerprint density at radius 2 is 1.50 bits per heavy atom. The zero-order valence-corrected chi connectivity index (χ0v) is 17.4. The zero-order chi connectivity index (χ0) is 19.3. The Hall–Kier alpha value is -0.830. The Kier molecular flexibility index (Phi) is 5.10. The monoisotopic (exact) mass is 453 g/mol. The van der Waals surface area contributed by atoms with Gasteiger partial charge in [0.25, 0.3) is 0 Å². The topological polar surface area (TPSA) is 80.3 Å². The number of hydrogen-bond acceptors (Lipinski definition) is 4. The van der Waals surface area contributed by atoms with Crippen LogP contribution in [-0.2, 0) is 25.4 Å². The number of rotatable bonds is 5. The normalized spacial score (nSPS) is 16.5. The standard InChI is InChI=1S/C16H14Cl3NO4S2/c1-25(21,22)11-3-5-13(18)15(9-11)26(23,24)20-16(6-7-16)10-2-4-12(17)14(19)8-10/h2-5,8-9,20H,6-7H2,1H3. The Morgan fingerprint density at radius 1 is 0.885 bits per heavy atom. The molecule has 0 saturated heterocycles. The lowest BCUT2D eigenvalue weighted by molar-refractivity contribution is 0.551. The van der Waals surface area contributed by atoms with Crippen LogP contribution >= 0.6 is 34.8 Å². The van der Waals surface area contributed by atoms with Gasteiger partial charge in [-0.3, -0.25) is 0 Å². The molecule has 0 aromatic heterocycles. The first-order chi connectivity index (χ1) is 11.9. The van der Waals surface area contributed by atoms with Gasteiger partial charge in [-0.1, -0.05) is 40.9 Å². The van der Waals surface area contributed by atoms with Crippen molar-refractivity contribution in [3.05, 3.63) is 57.0 Å². The molecule has 2 aromatic rings. The second-order valence-electron chi connectivity index (χ2n) is 6.18. The van der Waals surface area contributed by atoms with E-state index in [0.717, 1.165) is 12.3 Å². The molecule has 140 valence electrons. The van der Waals surface area contributed by atoms with Gasteiger partial charge in [0.15, 0.2) is 9.84 Å². The summed E-state index contributed by atoms with van der Waals surface area (Å²) < 4.78 is 51.8. The number of sulfonamides is 1. The van der Waals surface area contributed by atoms with Gasteiger partial charge in [0, 0.05) is 6.26 Å². The van der Waals surface area contributed by atoms with Gasteiger partial charge < -0.3 is 0 Å². The Balaban J connectivity index is 2.01. The predicted molar refractivity (Wildman–Crippen MR) is 102 cm³/mol. The number of hydrogen-bond donors (Lipinski definition) is 1. The van der Waals surface area contributed by atoms with E-state index in [1.165, 1.54) is 12.1 Å². The first-order valence-electron chi connectivity index (χ1n) is 7.44. The molecular weight excluding hydrogens is 441 g/mol. The third-order valence-electron chi connectivity index (χ3n) is 4.17. The molecule has 0 heterocycles. The Morgan fingerprint density at radius 3 is 2.04 bits per heavy atom. The molecule has 0 amide bonds. The van der Waals surface area contributed by atoms with Crippen molar-refractivity contribution in [2.24, 2.45) is 0 Å². The highest BCUT2D eigenvalue weighted by atomic mass is 35.5. The fraction of sp³-hybridized carbons (Fsp3) is 0.250. The van der Waals surface area contributed by atoms with Gasteiger partial charge in [0.2, 0.25) is 10.0 Å². The van der Waals surface area contributed by atoms with Gasteiger partial charge in [-0.05, 0) is 48.7 Å². The van der Waals surface area contributed by atoms with Crippen LogP contribution in [0.3, 0.4) is 0 Å². The van der Waals surface area contributed by atoms with Crippen LogP contribution in [-0.4, -0.2) is 23.1 Å². The van der Waals surface area contributed by atoms with Crippen LogP contribution in [0, 0.1) is 0 Å². The fourth-order valence-electron chi connectivity index (χ4n) is 2.60. The van der Waals surface area contributed by atoms with E-state index in [2.05, 4.69) is 4.72 Å². The molecule has 5 nitrogen and oxygen atoms in total. The summed E-state index contributed by atoms with van der Waals surface area (Å²) in [5, 5.41) is 0.638. The van der Waals surface area contributed by atoms with Crippen LogP contribution in [0.15, 0.2) is 46.2 Å². The third-order valence-corrected chi connectivity index (χ3v) is 8.04. The average molecular weight is 455 g/mol. The molecule has 0 aliphatic heterocycles. The summed E-state index contributed by atoms with van der Waals surface area (Å²) in [6.07, 6.45) is 2.15. The van der Waals surface area contributed by atoms with Crippen molar-refractivity contribution >= 4 is 54.7 Å². The molecule has 0 spiro atoms. The minimum Gasteiger partial charge on any atom is -0.224 e. The summed E-state index contributed by atoms with van der Waals surface area (Å²) in [7, 11) is -7.64. The van der Waals surface area contributed by atoms with E-state index in [9.17, 15) is 16.8 Å². The molecule has 0 bridgehead atoms. The maximum atomic E-state index is 12.9. The average Bonchev–Trinajstić information content (AvgIpc) is 3.29. The first-order valence-corrected chi connectivity index (χ1v) is 11.9. The molecule has 0 unspecified atom stereocenters. The molecule has 1 aliphatic carbocycles. The highest BCUT2D eigenvalue weighted by molar-refractivity contribution is 7.91. The second-order valence-corrected chi connectivity index (χ2v) is 11.1. The lowest BCUT2D eigenvalue weighted by Crippen LogP contribution is -2.35. The molecule has 1 saturated carbocycles. The minimum atomic E-state index is -4.06. The molecule has 3 rings (SSSR count). The predicted octanol–water partition coefficient (Wildman–Crippen LogP) is 4.02. The summed E-state index contributed by atoms with van der Waals surface area (Å²) in [6.45, 7) is 0. The lowest BCUT2D eigenvalue weighted by Gasteiger charge is -2.19. The Labute approximate surface area is 167 Å². The lowest BCUT2D eigenvalue weighted by atomic mass is 10.1. The minimum absolute atomic E-state index is 0.0603. The molecule has 2 aromatic carbocycles. The molecule has 10 heteroatoms. The molecule has 0 atom stereocenters. The quantitative estimate of drug-likeness (QED) is 0.740. The van der Waals surface area contributed by atoms with E-state index in [1.807, 2.05) is 0 Å². The van der Waals surface area contributed by atoms with Crippen molar-refractivity contribution in [3.63, 3.8) is 0 Å². The van der Waals surface area contributed by atoms with E-state index in [1.54, 1.807) is 18.2 Å². The summed E-state index contributed by atoms with van der Waals surface area (Å²) >= 11 is 18.0. The van der Waals surface area contributed by atoms with Crippen molar-refractivity contribution in [2.75, 3.05) is 6.26 Å². The maximum absolute atomic E-state index is 12.9. The van der Waals surface area contributed by atoms with Crippen molar-refractivity contribution in [2.45, 2.75) is 28.2 Å². The van der Waals surface area contributed by atoms with E-state index in [4.69, 9.17) is 34.8 Å². The fourth-order valence-corrected chi connectivity index (χ4v) is 5.60. The maximum Gasteiger partial charge on any atom is 0.242 e. The highest BCUT2D eigenvalue weighted by Gasteiger charge is 2.48. The van der Waals surface area contributed by atoms with E-state index in [-0.39, 0.29) is 14.8 Å². The Bertz CT molecular complexity index is 1090. The van der Waals surface area contributed by atoms with Crippen molar-refractivity contribution in [1.82, 2.24) is 4.72 Å². The third kappa shape index (κ3) is 3.88. The molecule has 26 heavy (non-hydrogen) atoms. The van der Waals surface area contributed by atoms with Crippen LogP contribution in [0.4, 0.5) is 0 Å². The van der Waals surface area contributed by atoms with E-state index in [0.29, 0.717) is 28.5 Å². The summed E-state index contributed by atoms with van der Waals surface area (Å²) in [5.41, 5.74) is -0.122. The smallest absolute Gasteiger partial charge is 0.224 e. The molecule has 1 aliphatic rings. The summed E-state index contributed by atoms with van der Waals surface area (Å²) in [4.78, 5) is -0.407. The van der Waals surface area contributed by atoms with Gasteiger partial charge >= 0.3 is 0 Å². The zero-order valence-electron chi connectivity index (χ0n) is 13.5. The van der Waals surface area contributed by atoms with Crippen LogP contribution < -0.4 is 4.72 Å². The summed E-state index contributed by atoms with van der Waals surface area (Å²) in [6, 6.07) is 8.51. The number of benzene rings is 2. The summed E-state index contributed by atoms with van der Waals surface area (Å²) in [5.74, 6) is 0. The molecular formula is C16H14Cl3NO4S2. The molecule has 1 N–H and O–H groups in total. The van der Waals surface area contributed by atoms with Gasteiger partial charge in [-0.25, -0.2) is 21.6 Å². The van der Waals surface area contributed by atoms with Gasteiger partial charge in [-0.2, -0.15) is 0 Å². The largest absolute Gasteiger partial charge is 0.242 e. The van der Waals surface area contributed by atoms with E-state index >= 15 is 0 Å². The van der Waals surface area contributed by atoms with Crippen LogP contribution in [0.25, 0.3) is 0 Å². The van der Waals surface area contributed by atoms with Crippen molar-refractivity contribution in [3.8, 4) is 0 Å². The number of halogens is 3. The van der Waals surface area contributed by atoms with Crippen LogP contribution in [0.2, 0.25) is 15.1 Å². The molecule has 0 radical (unpaired) electrons. The van der Waals surface area contributed by atoms with Crippen LogP contribution in [0.1, 0.15) is 18.4 Å². The van der Waals surface area contributed by atoms with Crippen molar-refractivity contribution in [1.29, 1.82) is 0 Å². The van der Waals surface area contributed by atoms with Gasteiger partial charge in [-0.15, -0.1) is 0 Å². The van der Waals surface area contributed by atoms with Crippen LogP contribution in [0.5, 0.6) is 0 Å². The van der Waals surface area contributed by atoms with Gasteiger partial charge in [0.05, 0.1) is 25.5 Å². The number of nitrogens with one attached hydrogen (secondary N) is 1. The second kappa shape index (κ2) is 6.65.